The highest BCUT2D eigenvalue weighted by Gasteiger charge is 2.30. The number of hydrogen-bond donors (Lipinski definition) is 1. The molecule has 1 aliphatic heterocycles. The van der Waals surface area contributed by atoms with Crippen molar-refractivity contribution in [3.63, 3.8) is 0 Å². The zero-order valence-electron chi connectivity index (χ0n) is 13.3. The van der Waals surface area contributed by atoms with Crippen molar-refractivity contribution in [2.45, 2.75) is 6.92 Å². The Bertz CT molecular complexity index is 1130. The van der Waals surface area contributed by atoms with Gasteiger partial charge in [0.2, 0.25) is 10.6 Å². The predicted octanol–water partition coefficient (Wildman–Crippen LogP) is 0.772. The monoisotopic (exact) mass is 375 g/mol. The second-order valence-corrected chi connectivity index (χ2v) is 6.50. The molecule has 9 nitrogen and oxygen atoms in total. The molecule has 11 heteroatoms. The summed E-state index contributed by atoms with van der Waals surface area (Å²) in [5, 5.41) is 9.45. The van der Waals surface area contributed by atoms with Crippen LogP contribution in [0.5, 0.6) is 0 Å². The number of pyridine rings is 2. The molecule has 3 aromatic heterocycles. The van der Waals surface area contributed by atoms with Crippen LogP contribution in [0.4, 0.5) is 10.2 Å². The Balaban J connectivity index is 2.11. The molecule has 3 aromatic rings. The van der Waals surface area contributed by atoms with E-state index in [2.05, 4.69) is 14.3 Å². The number of Topliss-reactive ketones (excluding diaryl/α,β-unsaturated/α-hetero) is 1. The fraction of sp³-hybridized carbons (Fsp3) is 0.200. The van der Waals surface area contributed by atoms with Gasteiger partial charge >= 0.3 is 5.97 Å². The average Bonchev–Trinajstić information content (AvgIpc) is 3.09. The van der Waals surface area contributed by atoms with Gasteiger partial charge in [0.05, 0.1) is 18.5 Å². The number of fused-ring (bicyclic) bond motifs is 1. The summed E-state index contributed by atoms with van der Waals surface area (Å²) < 4.78 is 19.9. The fourth-order valence-corrected chi connectivity index (χ4v) is 3.30. The van der Waals surface area contributed by atoms with Gasteiger partial charge in [-0.25, -0.2) is 19.2 Å². The summed E-state index contributed by atoms with van der Waals surface area (Å²) in [6.45, 7) is 1.44. The maximum Gasteiger partial charge on any atom is 0.341 e. The molecule has 1 aliphatic rings. The van der Waals surface area contributed by atoms with Crippen LogP contribution in [-0.4, -0.2) is 48.9 Å². The molecule has 0 saturated carbocycles. The summed E-state index contributed by atoms with van der Waals surface area (Å²) in [5.41, 5.74) is -1.33. The third-order valence-corrected chi connectivity index (χ3v) is 4.78. The SMILES string of the molecule is Cc1c(F)c(N2CC(=O)C2)nc2c1c(=O)c(C(=O)O)cn2-c1ncns1. The zero-order valence-corrected chi connectivity index (χ0v) is 14.1. The van der Waals surface area contributed by atoms with E-state index in [9.17, 15) is 23.9 Å². The molecule has 0 aromatic carbocycles. The minimum atomic E-state index is -1.44. The zero-order chi connectivity index (χ0) is 18.6. The van der Waals surface area contributed by atoms with Gasteiger partial charge in [0, 0.05) is 23.3 Å². The molecule has 0 radical (unpaired) electrons. The summed E-state index contributed by atoms with van der Waals surface area (Å²) in [4.78, 5) is 44.9. The molecule has 26 heavy (non-hydrogen) atoms. The molecular weight excluding hydrogens is 365 g/mol. The quantitative estimate of drug-likeness (QED) is 0.713. The van der Waals surface area contributed by atoms with Gasteiger partial charge in [0.25, 0.3) is 0 Å². The second-order valence-electron chi connectivity index (χ2n) is 5.74. The normalized spacial score (nSPS) is 13.9. The Morgan fingerprint density at radius 1 is 1.35 bits per heavy atom. The van der Waals surface area contributed by atoms with Gasteiger partial charge in [-0.3, -0.25) is 14.2 Å². The first-order valence-electron chi connectivity index (χ1n) is 7.41. The molecule has 0 bridgehead atoms. The Morgan fingerprint density at radius 3 is 2.65 bits per heavy atom. The van der Waals surface area contributed by atoms with Crippen molar-refractivity contribution in [2.24, 2.45) is 0 Å². The molecule has 1 saturated heterocycles. The van der Waals surface area contributed by atoms with Gasteiger partial charge in [0.15, 0.2) is 23.1 Å². The smallest absolute Gasteiger partial charge is 0.341 e. The third kappa shape index (κ3) is 2.28. The van der Waals surface area contributed by atoms with Crippen LogP contribution in [0.15, 0.2) is 17.3 Å². The van der Waals surface area contributed by atoms with Gasteiger partial charge in [-0.05, 0) is 6.92 Å². The van der Waals surface area contributed by atoms with Gasteiger partial charge < -0.3 is 10.0 Å². The number of carboxylic acids is 1. The summed E-state index contributed by atoms with van der Waals surface area (Å²) in [5.74, 6) is -2.30. The van der Waals surface area contributed by atoms with Crippen LogP contribution < -0.4 is 10.3 Å². The van der Waals surface area contributed by atoms with Crippen molar-refractivity contribution >= 4 is 40.1 Å². The molecule has 0 atom stereocenters. The molecule has 0 unspecified atom stereocenters. The van der Waals surface area contributed by atoms with E-state index in [1.54, 1.807) is 0 Å². The number of aromatic carboxylic acids is 1. The number of carbonyl (C=O) groups is 2. The number of aromatic nitrogens is 4. The average molecular weight is 375 g/mol. The van der Waals surface area contributed by atoms with Crippen LogP contribution in [0, 0.1) is 12.7 Å². The standard InChI is InChI=1S/C15H10FN5O4S/c1-6-9-11(23)8(14(24)25)4-21(15-17-5-18-26-15)12(9)19-13(10(6)16)20-2-7(22)3-20/h4-5H,2-3H2,1H3,(H,24,25). The predicted molar refractivity (Wildman–Crippen MR) is 89.7 cm³/mol. The first-order valence-corrected chi connectivity index (χ1v) is 8.18. The molecular formula is C15H10FN5O4S. The number of halogens is 1. The molecule has 0 amide bonds. The van der Waals surface area contributed by atoms with Crippen molar-refractivity contribution in [3.8, 4) is 5.13 Å². The summed E-state index contributed by atoms with van der Waals surface area (Å²) in [6.07, 6.45) is 2.37. The van der Waals surface area contributed by atoms with Crippen molar-refractivity contribution in [2.75, 3.05) is 18.0 Å². The van der Waals surface area contributed by atoms with Gasteiger partial charge in [-0.15, -0.1) is 0 Å². The van der Waals surface area contributed by atoms with Crippen LogP contribution in [0.3, 0.4) is 0 Å². The van der Waals surface area contributed by atoms with Gasteiger partial charge in [-0.1, -0.05) is 0 Å². The Kier molecular flexibility index (Phi) is 3.54. The van der Waals surface area contributed by atoms with Crippen molar-refractivity contribution in [1.29, 1.82) is 0 Å². The number of nitrogens with zero attached hydrogens (tertiary/aromatic N) is 5. The van der Waals surface area contributed by atoms with E-state index in [0.717, 1.165) is 17.7 Å². The topological polar surface area (TPSA) is 118 Å². The van der Waals surface area contributed by atoms with E-state index in [4.69, 9.17) is 0 Å². The van der Waals surface area contributed by atoms with Gasteiger partial charge in [-0.2, -0.15) is 4.37 Å². The molecule has 0 spiro atoms. The maximum atomic E-state index is 14.8. The fourth-order valence-electron chi connectivity index (χ4n) is 2.79. The number of aryl methyl sites for hydroxylation is 1. The minimum absolute atomic E-state index is 0.0317. The molecule has 1 N–H and O–H groups in total. The lowest BCUT2D eigenvalue weighted by Crippen LogP contribution is -2.48. The Labute approximate surface area is 148 Å². The van der Waals surface area contributed by atoms with Crippen LogP contribution in [0.25, 0.3) is 16.2 Å². The number of carbonyl (C=O) groups excluding carboxylic acids is 1. The number of rotatable bonds is 3. The van der Waals surface area contributed by atoms with Gasteiger partial charge in [0.1, 0.15) is 11.9 Å². The van der Waals surface area contributed by atoms with Crippen LogP contribution >= 0.6 is 11.5 Å². The number of anilines is 1. The Morgan fingerprint density at radius 2 is 2.08 bits per heavy atom. The van der Waals surface area contributed by atoms with E-state index < -0.39 is 22.8 Å². The molecule has 1 fully saturated rings. The first-order chi connectivity index (χ1) is 12.4. The molecule has 4 heterocycles. The largest absolute Gasteiger partial charge is 0.477 e. The van der Waals surface area contributed by atoms with Crippen molar-refractivity contribution in [3.05, 3.63) is 39.7 Å². The lowest BCUT2D eigenvalue weighted by molar-refractivity contribution is -0.119. The molecule has 4 rings (SSSR count). The van der Waals surface area contributed by atoms with E-state index in [0.29, 0.717) is 0 Å². The molecule has 0 aliphatic carbocycles. The van der Waals surface area contributed by atoms with E-state index in [-0.39, 0.29) is 46.4 Å². The van der Waals surface area contributed by atoms with E-state index in [1.807, 2.05) is 0 Å². The van der Waals surface area contributed by atoms with Crippen LogP contribution in [-0.2, 0) is 4.79 Å². The summed E-state index contributed by atoms with van der Waals surface area (Å²) >= 11 is 0.967. The molecule has 132 valence electrons. The van der Waals surface area contributed by atoms with Crippen LogP contribution in [0.1, 0.15) is 15.9 Å². The van der Waals surface area contributed by atoms with E-state index >= 15 is 0 Å². The Hall–Kier alpha value is -3.21. The highest BCUT2D eigenvalue weighted by Crippen LogP contribution is 2.29. The van der Waals surface area contributed by atoms with Crippen molar-refractivity contribution in [1.82, 2.24) is 18.9 Å². The number of hydrogen-bond acceptors (Lipinski definition) is 8. The van der Waals surface area contributed by atoms with Crippen LogP contribution in [0.2, 0.25) is 0 Å². The minimum Gasteiger partial charge on any atom is -0.477 e. The maximum absolute atomic E-state index is 14.8. The summed E-state index contributed by atoms with van der Waals surface area (Å²) in [6, 6.07) is 0. The van der Waals surface area contributed by atoms with Crippen molar-refractivity contribution < 1.29 is 19.1 Å². The lowest BCUT2D eigenvalue weighted by Gasteiger charge is -2.31. The highest BCUT2D eigenvalue weighted by molar-refractivity contribution is 7.08. The number of ketones is 1. The third-order valence-electron chi connectivity index (χ3n) is 4.11. The highest BCUT2D eigenvalue weighted by atomic mass is 32.1. The summed E-state index contributed by atoms with van der Waals surface area (Å²) in [7, 11) is 0. The second kappa shape index (κ2) is 5.66. The van der Waals surface area contributed by atoms with E-state index in [1.165, 1.54) is 22.7 Å². The number of carboxylic acid groups (broad SMARTS) is 1. The lowest BCUT2D eigenvalue weighted by atomic mass is 10.1. The first kappa shape index (κ1) is 16.3.